The normalized spacial score (nSPS) is 12.8. The van der Waals surface area contributed by atoms with Gasteiger partial charge in [0.2, 0.25) is 5.88 Å². The fourth-order valence-corrected chi connectivity index (χ4v) is 1.92. The van der Waals surface area contributed by atoms with Gasteiger partial charge < -0.3 is 15.2 Å². The van der Waals surface area contributed by atoms with Crippen molar-refractivity contribution in [2.24, 2.45) is 11.8 Å². The topological polar surface area (TPSA) is 88.5 Å². The monoisotopic (exact) mass is 348 g/mol. The second kappa shape index (κ2) is 8.51. The van der Waals surface area contributed by atoms with E-state index < -0.39 is 30.6 Å². The quantitative estimate of drug-likeness (QED) is 0.754. The number of aliphatic carboxylic acids is 1. The molecule has 2 N–H and O–H groups in total. The van der Waals surface area contributed by atoms with E-state index >= 15 is 0 Å². The first-order valence-corrected chi connectivity index (χ1v) is 7.26. The molecule has 0 fully saturated rings. The standard InChI is InChI=1S/C15H19F3N2O4/c1-9(2)6-10(14(22)23)7-19-13(21)11-4-3-5-12(20-11)24-8-15(16,17)18/h3-5,9-10H,6-8H2,1-2H3,(H,19,21)(H,22,23). The van der Waals surface area contributed by atoms with Crippen LogP contribution >= 0.6 is 0 Å². The summed E-state index contributed by atoms with van der Waals surface area (Å²) in [4.78, 5) is 26.8. The van der Waals surface area contributed by atoms with Crippen molar-refractivity contribution in [3.63, 3.8) is 0 Å². The van der Waals surface area contributed by atoms with Crippen molar-refractivity contribution in [2.45, 2.75) is 26.4 Å². The lowest BCUT2D eigenvalue weighted by Crippen LogP contribution is -2.34. The number of rotatable bonds is 8. The molecular weight excluding hydrogens is 329 g/mol. The number of pyridine rings is 1. The molecule has 24 heavy (non-hydrogen) atoms. The van der Waals surface area contributed by atoms with Crippen LogP contribution in [0.25, 0.3) is 0 Å². The summed E-state index contributed by atoms with van der Waals surface area (Å²) in [5.74, 6) is -2.66. The van der Waals surface area contributed by atoms with Gasteiger partial charge in [0, 0.05) is 12.6 Å². The Morgan fingerprint density at radius 1 is 1.33 bits per heavy atom. The Morgan fingerprint density at radius 2 is 2.00 bits per heavy atom. The molecule has 0 saturated carbocycles. The number of carboxylic acid groups (broad SMARTS) is 1. The Balaban J connectivity index is 2.65. The van der Waals surface area contributed by atoms with Crippen molar-refractivity contribution in [3.05, 3.63) is 23.9 Å². The second-order valence-electron chi connectivity index (χ2n) is 5.64. The number of aromatic nitrogens is 1. The molecule has 0 aliphatic rings. The SMILES string of the molecule is CC(C)CC(CNC(=O)c1cccc(OCC(F)(F)F)n1)C(=O)O. The number of carbonyl (C=O) groups is 2. The van der Waals surface area contributed by atoms with E-state index in [0.717, 1.165) is 0 Å². The molecule has 9 heteroatoms. The minimum Gasteiger partial charge on any atom is -0.481 e. The van der Waals surface area contributed by atoms with E-state index in [4.69, 9.17) is 5.11 Å². The maximum absolute atomic E-state index is 12.1. The van der Waals surface area contributed by atoms with Gasteiger partial charge in [0.15, 0.2) is 6.61 Å². The molecule has 0 aliphatic carbocycles. The van der Waals surface area contributed by atoms with Gasteiger partial charge >= 0.3 is 12.1 Å². The van der Waals surface area contributed by atoms with Gasteiger partial charge in [0.05, 0.1) is 5.92 Å². The maximum Gasteiger partial charge on any atom is 0.422 e. The van der Waals surface area contributed by atoms with Gasteiger partial charge in [0.25, 0.3) is 5.91 Å². The molecule has 1 amide bonds. The van der Waals surface area contributed by atoms with E-state index in [1.807, 2.05) is 13.8 Å². The summed E-state index contributed by atoms with van der Waals surface area (Å²) in [6.07, 6.45) is -4.12. The highest BCUT2D eigenvalue weighted by Crippen LogP contribution is 2.17. The molecular formula is C15H19F3N2O4. The Hall–Kier alpha value is -2.32. The lowest BCUT2D eigenvalue weighted by molar-refractivity contribution is -0.154. The van der Waals surface area contributed by atoms with Crippen LogP contribution in [0.4, 0.5) is 13.2 Å². The highest BCUT2D eigenvalue weighted by Gasteiger charge is 2.28. The lowest BCUT2D eigenvalue weighted by atomic mass is 9.97. The van der Waals surface area contributed by atoms with Gasteiger partial charge in [-0.25, -0.2) is 4.98 Å². The zero-order chi connectivity index (χ0) is 18.3. The molecule has 1 aromatic heterocycles. The molecule has 0 aromatic carbocycles. The van der Waals surface area contributed by atoms with Crippen LogP contribution in [-0.4, -0.2) is 41.3 Å². The number of nitrogens with zero attached hydrogens (tertiary/aromatic N) is 1. The molecule has 0 radical (unpaired) electrons. The molecule has 1 heterocycles. The minimum atomic E-state index is -4.51. The predicted molar refractivity (Wildman–Crippen MR) is 78.7 cm³/mol. The number of nitrogens with one attached hydrogen (secondary N) is 1. The average Bonchev–Trinajstić information content (AvgIpc) is 2.48. The van der Waals surface area contributed by atoms with Gasteiger partial charge in [-0.1, -0.05) is 19.9 Å². The number of hydrogen-bond donors (Lipinski definition) is 2. The van der Waals surface area contributed by atoms with Crippen molar-refractivity contribution in [1.82, 2.24) is 10.3 Å². The summed E-state index contributed by atoms with van der Waals surface area (Å²) in [7, 11) is 0. The van der Waals surface area contributed by atoms with Crippen molar-refractivity contribution in [3.8, 4) is 5.88 Å². The van der Waals surface area contributed by atoms with Crippen LogP contribution in [0.5, 0.6) is 5.88 Å². The molecule has 0 saturated heterocycles. The van der Waals surface area contributed by atoms with E-state index in [-0.39, 0.29) is 24.0 Å². The first-order chi connectivity index (χ1) is 11.1. The lowest BCUT2D eigenvalue weighted by Gasteiger charge is -2.15. The van der Waals surface area contributed by atoms with Crippen LogP contribution < -0.4 is 10.1 Å². The molecule has 1 unspecified atom stereocenters. The second-order valence-corrected chi connectivity index (χ2v) is 5.64. The first kappa shape index (κ1) is 19.7. The van der Waals surface area contributed by atoms with Crippen molar-refractivity contribution in [1.29, 1.82) is 0 Å². The molecule has 6 nitrogen and oxygen atoms in total. The number of amides is 1. The third kappa shape index (κ3) is 7.30. The number of alkyl halides is 3. The molecule has 0 aliphatic heterocycles. The summed E-state index contributed by atoms with van der Waals surface area (Å²) >= 11 is 0. The zero-order valence-electron chi connectivity index (χ0n) is 13.3. The summed E-state index contributed by atoms with van der Waals surface area (Å²) < 4.78 is 40.8. The largest absolute Gasteiger partial charge is 0.481 e. The Bertz CT molecular complexity index is 576. The maximum atomic E-state index is 12.1. The fourth-order valence-electron chi connectivity index (χ4n) is 1.92. The van der Waals surface area contributed by atoms with Crippen LogP contribution in [0, 0.1) is 11.8 Å². The molecule has 1 aromatic rings. The minimum absolute atomic E-state index is 0.0956. The smallest absolute Gasteiger partial charge is 0.422 e. The number of carboxylic acids is 1. The number of halogens is 3. The summed E-state index contributed by atoms with van der Waals surface area (Å²) in [5.41, 5.74) is -0.150. The van der Waals surface area contributed by atoms with Crippen LogP contribution in [0.15, 0.2) is 18.2 Å². The van der Waals surface area contributed by atoms with Gasteiger partial charge in [-0.05, 0) is 18.4 Å². The summed E-state index contributed by atoms with van der Waals surface area (Å²) in [5, 5.41) is 11.5. The van der Waals surface area contributed by atoms with Gasteiger partial charge in [0.1, 0.15) is 5.69 Å². The van der Waals surface area contributed by atoms with Gasteiger partial charge in [-0.15, -0.1) is 0 Å². The third-order valence-electron chi connectivity index (χ3n) is 2.95. The molecule has 1 rings (SSSR count). The first-order valence-electron chi connectivity index (χ1n) is 7.26. The molecule has 0 bridgehead atoms. The van der Waals surface area contributed by atoms with E-state index in [1.54, 1.807) is 0 Å². The van der Waals surface area contributed by atoms with Crippen molar-refractivity contribution >= 4 is 11.9 Å². The van der Waals surface area contributed by atoms with Gasteiger partial charge in [-0.2, -0.15) is 13.2 Å². The van der Waals surface area contributed by atoms with Crippen LogP contribution in [-0.2, 0) is 4.79 Å². The van der Waals surface area contributed by atoms with E-state index in [2.05, 4.69) is 15.0 Å². The summed E-state index contributed by atoms with van der Waals surface area (Å²) in [6, 6.07) is 3.83. The van der Waals surface area contributed by atoms with Crippen molar-refractivity contribution in [2.75, 3.05) is 13.2 Å². The molecule has 0 spiro atoms. The van der Waals surface area contributed by atoms with Gasteiger partial charge in [-0.3, -0.25) is 9.59 Å². The zero-order valence-corrected chi connectivity index (χ0v) is 13.3. The van der Waals surface area contributed by atoms with Crippen LogP contribution in [0.3, 0.4) is 0 Å². The van der Waals surface area contributed by atoms with E-state index in [0.29, 0.717) is 6.42 Å². The number of hydrogen-bond acceptors (Lipinski definition) is 4. The number of carbonyl (C=O) groups excluding carboxylic acids is 1. The number of ether oxygens (including phenoxy) is 1. The van der Waals surface area contributed by atoms with Crippen LogP contribution in [0.1, 0.15) is 30.8 Å². The fraction of sp³-hybridized carbons (Fsp3) is 0.533. The van der Waals surface area contributed by atoms with Crippen LogP contribution in [0.2, 0.25) is 0 Å². The summed E-state index contributed by atoms with van der Waals surface area (Å²) in [6.45, 7) is 2.11. The average molecular weight is 348 g/mol. The van der Waals surface area contributed by atoms with E-state index in [1.165, 1.54) is 18.2 Å². The molecule has 134 valence electrons. The Morgan fingerprint density at radius 3 is 2.54 bits per heavy atom. The third-order valence-corrected chi connectivity index (χ3v) is 2.95. The predicted octanol–water partition coefficient (Wildman–Crippen LogP) is 2.50. The van der Waals surface area contributed by atoms with Crippen molar-refractivity contribution < 1.29 is 32.6 Å². The Kier molecular flexibility index (Phi) is 6.99. The highest BCUT2D eigenvalue weighted by molar-refractivity contribution is 5.92. The Labute approximate surface area is 137 Å². The highest BCUT2D eigenvalue weighted by atomic mass is 19.4. The molecule has 1 atom stereocenters. The van der Waals surface area contributed by atoms with E-state index in [9.17, 15) is 22.8 Å².